The van der Waals surface area contributed by atoms with Gasteiger partial charge in [-0.15, -0.1) is 0 Å². The predicted molar refractivity (Wildman–Crippen MR) is 142 cm³/mol. The summed E-state index contributed by atoms with van der Waals surface area (Å²) in [5.41, 5.74) is -1.45. The number of rotatable bonds is 12. The Morgan fingerprint density at radius 3 is 2.20 bits per heavy atom. The molecule has 0 bridgehead atoms. The van der Waals surface area contributed by atoms with Crippen molar-refractivity contribution >= 4 is 27.5 Å². The maximum absolute atomic E-state index is 15.7. The van der Waals surface area contributed by atoms with Crippen molar-refractivity contribution in [2.24, 2.45) is 5.92 Å². The lowest BCUT2D eigenvalue weighted by molar-refractivity contribution is -0.202. The molecule has 13 heteroatoms. The van der Waals surface area contributed by atoms with Crippen molar-refractivity contribution in [2.75, 3.05) is 23.0 Å². The number of halogens is 4. The Balaban J connectivity index is 1.67. The van der Waals surface area contributed by atoms with Gasteiger partial charge in [0, 0.05) is 0 Å². The molecule has 0 spiro atoms. The van der Waals surface area contributed by atoms with Gasteiger partial charge in [-0.2, -0.15) is 25.8 Å². The van der Waals surface area contributed by atoms with E-state index < -0.39 is 56.9 Å². The second-order valence-electron chi connectivity index (χ2n) is 10.1. The van der Waals surface area contributed by atoms with Crippen LogP contribution in [0, 0.1) is 28.9 Å². The van der Waals surface area contributed by atoms with E-state index in [2.05, 4.69) is 16.7 Å². The second kappa shape index (κ2) is 12.4. The van der Waals surface area contributed by atoms with Crippen molar-refractivity contribution in [1.29, 1.82) is 5.26 Å². The van der Waals surface area contributed by atoms with Gasteiger partial charge in [-0.3, -0.25) is 10.1 Å². The number of thioether (sulfide) groups is 1. The molecule has 2 fully saturated rings. The number of hydrogen-bond acceptors (Lipinski definition) is 7. The lowest BCUT2D eigenvalue weighted by Gasteiger charge is -2.35. The molecule has 40 heavy (non-hydrogen) atoms. The summed E-state index contributed by atoms with van der Waals surface area (Å²) in [6.07, 6.45) is -2.04. The van der Waals surface area contributed by atoms with E-state index in [-0.39, 0.29) is 23.0 Å². The van der Waals surface area contributed by atoms with E-state index in [0.717, 1.165) is 61.4 Å². The van der Waals surface area contributed by atoms with Crippen molar-refractivity contribution in [3.8, 4) is 11.8 Å². The molecule has 0 unspecified atom stereocenters. The van der Waals surface area contributed by atoms with Crippen LogP contribution in [0.25, 0.3) is 0 Å². The fourth-order valence-corrected chi connectivity index (χ4v) is 7.57. The summed E-state index contributed by atoms with van der Waals surface area (Å²) in [5.74, 6) is -2.53. The zero-order valence-electron chi connectivity index (χ0n) is 21.4. The number of nitrogens with one attached hydrogen (secondary N) is 2. The maximum atomic E-state index is 15.7. The molecule has 1 amide bonds. The summed E-state index contributed by atoms with van der Waals surface area (Å²) in [6.45, 7) is 0. The number of hydrogen-bond donors (Lipinski definition) is 2. The monoisotopic (exact) mass is 599 g/mol. The zero-order valence-corrected chi connectivity index (χ0v) is 23.0. The van der Waals surface area contributed by atoms with Gasteiger partial charge < -0.3 is 10.1 Å². The molecular weight excluding hydrogens is 570 g/mol. The van der Waals surface area contributed by atoms with Crippen LogP contribution in [0.1, 0.15) is 37.3 Å². The molecule has 1 aliphatic carbocycles. The van der Waals surface area contributed by atoms with E-state index in [0.29, 0.717) is 24.3 Å². The van der Waals surface area contributed by atoms with E-state index in [1.54, 1.807) is 11.8 Å². The van der Waals surface area contributed by atoms with Gasteiger partial charge in [0.1, 0.15) is 35.0 Å². The Kier molecular flexibility index (Phi) is 9.32. The highest BCUT2D eigenvalue weighted by Gasteiger charge is 2.47. The minimum Gasteiger partial charge on any atom is -0.431 e. The fourth-order valence-electron chi connectivity index (χ4n) is 4.44. The summed E-state index contributed by atoms with van der Waals surface area (Å²) in [4.78, 5) is 13.5. The van der Waals surface area contributed by atoms with Gasteiger partial charge in [-0.05, 0) is 85.1 Å². The quantitative estimate of drug-likeness (QED) is 0.349. The molecule has 1 saturated carbocycles. The van der Waals surface area contributed by atoms with Crippen LogP contribution in [-0.4, -0.2) is 55.0 Å². The first-order valence-electron chi connectivity index (χ1n) is 12.8. The number of nitriles is 1. The van der Waals surface area contributed by atoms with Gasteiger partial charge in [-0.1, -0.05) is 12.1 Å². The number of carbonyl (C=O) groups excluding carboxylic acids is 1. The normalized spacial score (nSPS) is 18.8. The third kappa shape index (κ3) is 8.11. The number of ether oxygens (including phenoxy) is 1. The van der Waals surface area contributed by atoms with Crippen molar-refractivity contribution in [3.05, 3.63) is 65.7 Å². The first-order chi connectivity index (χ1) is 18.9. The largest absolute Gasteiger partial charge is 0.431 e. The molecule has 4 rings (SSSR count). The van der Waals surface area contributed by atoms with E-state index in [1.807, 2.05) is 0 Å². The zero-order chi connectivity index (χ0) is 29.0. The van der Waals surface area contributed by atoms with Crippen molar-refractivity contribution in [2.45, 2.75) is 49.4 Å². The first kappa shape index (κ1) is 30.1. The molecule has 1 aliphatic heterocycles. The van der Waals surface area contributed by atoms with Gasteiger partial charge in [0.15, 0.2) is 9.84 Å². The number of sulfone groups is 1. The van der Waals surface area contributed by atoms with Gasteiger partial charge in [0.2, 0.25) is 5.91 Å². The molecule has 2 aromatic rings. The molecule has 7 nitrogen and oxygen atoms in total. The van der Waals surface area contributed by atoms with Crippen LogP contribution in [0.4, 0.5) is 17.6 Å². The molecule has 1 heterocycles. The predicted octanol–water partition coefficient (Wildman–Crippen LogP) is 4.37. The number of alkyl halides is 2. The van der Waals surface area contributed by atoms with E-state index >= 15 is 8.78 Å². The van der Waals surface area contributed by atoms with Crippen LogP contribution < -0.4 is 15.4 Å². The van der Waals surface area contributed by atoms with Crippen LogP contribution in [-0.2, 0) is 14.6 Å². The highest BCUT2D eigenvalue weighted by atomic mass is 32.2. The summed E-state index contributed by atoms with van der Waals surface area (Å²) in [5, 5.41) is 14.9. The van der Waals surface area contributed by atoms with Gasteiger partial charge in [0.05, 0.1) is 17.6 Å². The molecule has 0 aromatic heterocycles. The Hall–Kier alpha value is -2.82. The van der Waals surface area contributed by atoms with Gasteiger partial charge >= 0.3 is 6.11 Å². The second-order valence-corrected chi connectivity index (χ2v) is 13.5. The SMILES string of the molecule is N#CC1(NC(=O)[C@H](CS(=O)(=O)CC2CC2)N[C@@H](c2ccc(F)cc2)C(F)(F)Oc2ccc(F)cc2)CCSCC1. The molecule has 216 valence electrons. The molecule has 2 aromatic carbocycles. The summed E-state index contributed by atoms with van der Waals surface area (Å²) in [7, 11) is -3.87. The Morgan fingerprint density at radius 2 is 1.65 bits per heavy atom. The van der Waals surface area contributed by atoms with Crippen LogP contribution in [0.2, 0.25) is 0 Å². The number of benzene rings is 2. The standard InChI is InChI=1S/C27H29F4N3O4S2/c28-20-5-3-19(4-6-20)24(27(30,31)38-22-9-7-21(29)8-10-22)33-23(16-40(36,37)15-18-1-2-18)25(35)34-26(17-32)11-13-39-14-12-26/h3-10,18,23-24,33H,1-2,11-16H2,(H,34,35)/t23-,24-/m0/s1. The maximum Gasteiger partial charge on any atom is 0.417 e. The van der Waals surface area contributed by atoms with Crippen LogP contribution in [0.5, 0.6) is 5.75 Å². The van der Waals surface area contributed by atoms with Crippen molar-refractivity contribution in [3.63, 3.8) is 0 Å². The summed E-state index contributed by atoms with van der Waals surface area (Å²) in [6, 6.07) is 6.15. The summed E-state index contributed by atoms with van der Waals surface area (Å²) >= 11 is 1.60. The topological polar surface area (TPSA) is 108 Å². The molecule has 2 aliphatic rings. The average Bonchev–Trinajstić information content (AvgIpc) is 3.72. The molecule has 2 N–H and O–H groups in total. The lowest BCUT2D eigenvalue weighted by Crippen LogP contribution is -2.59. The Morgan fingerprint density at radius 1 is 1.07 bits per heavy atom. The van der Waals surface area contributed by atoms with Crippen LogP contribution in [0.15, 0.2) is 48.5 Å². The fraction of sp³-hybridized carbons (Fsp3) is 0.481. The summed E-state index contributed by atoms with van der Waals surface area (Å²) < 4.78 is 89.3. The van der Waals surface area contributed by atoms with Gasteiger partial charge in [0.25, 0.3) is 0 Å². The van der Waals surface area contributed by atoms with E-state index in [1.165, 1.54) is 0 Å². The third-order valence-corrected chi connectivity index (χ3v) is 9.63. The number of nitrogens with zero attached hydrogens (tertiary/aromatic N) is 1. The third-order valence-electron chi connectivity index (χ3n) is 6.82. The van der Waals surface area contributed by atoms with E-state index in [4.69, 9.17) is 4.74 Å². The molecular formula is C27H29F4N3O4S2. The first-order valence-corrected chi connectivity index (χ1v) is 15.7. The Bertz CT molecular complexity index is 1330. The molecule has 1 saturated heterocycles. The highest BCUT2D eigenvalue weighted by Crippen LogP contribution is 2.36. The lowest BCUT2D eigenvalue weighted by atomic mass is 9.93. The Labute approximate surface area is 234 Å². The average molecular weight is 600 g/mol. The minimum absolute atomic E-state index is 0.0503. The highest BCUT2D eigenvalue weighted by molar-refractivity contribution is 7.99. The number of amides is 1. The molecule has 2 atom stereocenters. The van der Waals surface area contributed by atoms with E-state index in [9.17, 15) is 27.3 Å². The number of carbonyl (C=O) groups is 1. The van der Waals surface area contributed by atoms with Crippen LogP contribution in [0.3, 0.4) is 0 Å². The van der Waals surface area contributed by atoms with Gasteiger partial charge in [-0.25, -0.2) is 17.2 Å². The smallest absolute Gasteiger partial charge is 0.417 e. The molecule has 0 radical (unpaired) electrons. The van der Waals surface area contributed by atoms with Crippen LogP contribution >= 0.6 is 11.8 Å². The minimum atomic E-state index is -4.11. The van der Waals surface area contributed by atoms with Crippen molar-refractivity contribution in [1.82, 2.24) is 10.6 Å². The van der Waals surface area contributed by atoms with Crippen molar-refractivity contribution < 1.29 is 35.5 Å².